The average molecular weight is 297 g/mol. The Kier molecular flexibility index (Phi) is 5.99. The second kappa shape index (κ2) is 7.75. The number of esters is 1. The van der Waals surface area contributed by atoms with E-state index in [2.05, 4.69) is 27.2 Å². The van der Waals surface area contributed by atoms with Gasteiger partial charge in [-0.05, 0) is 37.8 Å². The van der Waals surface area contributed by atoms with E-state index in [4.69, 9.17) is 0 Å². The number of ether oxygens (including phenoxy) is 1. The zero-order chi connectivity index (χ0) is 15.2. The van der Waals surface area contributed by atoms with Crippen molar-refractivity contribution in [1.82, 2.24) is 15.5 Å². The van der Waals surface area contributed by atoms with Gasteiger partial charge in [0.15, 0.2) is 0 Å². The lowest BCUT2D eigenvalue weighted by Crippen LogP contribution is -2.42. The lowest BCUT2D eigenvalue weighted by atomic mass is 9.93. The molecule has 0 aromatic carbocycles. The van der Waals surface area contributed by atoms with Crippen LogP contribution in [0.5, 0.6) is 0 Å². The van der Waals surface area contributed by atoms with E-state index in [1.807, 2.05) is 0 Å². The van der Waals surface area contributed by atoms with Crippen LogP contribution in [-0.2, 0) is 14.3 Å². The van der Waals surface area contributed by atoms with Crippen LogP contribution < -0.4 is 10.6 Å². The Morgan fingerprint density at radius 3 is 2.90 bits per heavy atom. The molecule has 2 saturated heterocycles. The van der Waals surface area contributed by atoms with Crippen LogP contribution in [0, 0.1) is 11.8 Å². The molecule has 3 unspecified atom stereocenters. The van der Waals surface area contributed by atoms with Gasteiger partial charge in [-0.2, -0.15) is 0 Å². The van der Waals surface area contributed by atoms with Crippen LogP contribution in [0.4, 0.5) is 0 Å². The molecule has 6 nitrogen and oxygen atoms in total. The summed E-state index contributed by atoms with van der Waals surface area (Å²) in [4.78, 5) is 25.3. The van der Waals surface area contributed by atoms with Gasteiger partial charge in [0.2, 0.25) is 5.91 Å². The molecule has 2 N–H and O–H groups in total. The highest BCUT2D eigenvalue weighted by Crippen LogP contribution is 2.33. The summed E-state index contributed by atoms with van der Waals surface area (Å²) in [5, 5.41) is 6.34. The van der Waals surface area contributed by atoms with Gasteiger partial charge in [-0.25, -0.2) is 0 Å². The summed E-state index contributed by atoms with van der Waals surface area (Å²) in [6, 6.07) is 0.519. The van der Waals surface area contributed by atoms with Crippen molar-refractivity contribution in [3.8, 4) is 0 Å². The molecule has 0 radical (unpaired) electrons. The maximum atomic E-state index is 12.0. The smallest absolute Gasteiger partial charge is 0.305 e. The van der Waals surface area contributed by atoms with Crippen molar-refractivity contribution in [3.05, 3.63) is 0 Å². The maximum absolute atomic E-state index is 12.0. The molecule has 2 heterocycles. The van der Waals surface area contributed by atoms with Gasteiger partial charge in [-0.3, -0.25) is 14.5 Å². The Balaban J connectivity index is 1.69. The molecule has 1 amide bonds. The van der Waals surface area contributed by atoms with E-state index in [1.165, 1.54) is 7.11 Å². The van der Waals surface area contributed by atoms with Gasteiger partial charge in [0.1, 0.15) is 0 Å². The predicted molar refractivity (Wildman–Crippen MR) is 79.8 cm³/mol. The first-order chi connectivity index (χ1) is 10.2. The number of methoxy groups -OCH3 is 1. The minimum absolute atomic E-state index is 0.0613. The molecule has 0 aliphatic carbocycles. The van der Waals surface area contributed by atoms with Gasteiger partial charge in [0.05, 0.1) is 13.7 Å². The first kappa shape index (κ1) is 16.2. The van der Waals surface area contributed by atoms with Crippen molar-refractivity contribution >= 4 is 11.9 Å². The third kappa shape index (κ3) is 4.17. The maximum Gasteiger partial charge on any atom is 0.305 e. The van der Waals surface area contributed by atoms with Gasteiger partial charge in [0.25, 0.3) is 0 Å². The van der Waals surface area contributed by atoms with Gasteiger partial charge in [-0.15, -0.1) is 0 Å². The van der Waals surface area contributed by atoms with E-state index in [-0.39, 0.29) is 11.9 Å². The molecule has 21 heavy (non-hydrogen) atoms. The first-order valence-corrected chi connectivity index (χ1v) is 7.94. The molecule has 120 valence electrons. The molecule has 3 atom stereocenters. The van der Waals surface area contributed by atoms with Crippen molar-refractivity contribution in [3.63, 3.8) is 0 Å². The van der Waals surface area contributed by atoms with E-state index < -0.39 is 0 Å². The number of carbonyl (C=O) groups excluding carboxylic acids is 2. The highest BCUT2D eigenvalue weighted by atomic mass is 16.5. The van der Waals surface area contributed by atoms with E-state index in [0.29, 0.717) is 43.8 Å². The summed E-state index contributed by atoms with van der Waals surface area (Å²) in [5.74, 6) is 1.23. The van der Waals surface area contributed by atoms with Crippen LogP contribution in [0.2, 0.25) is 0 Å². The minimum atomic E-state index is -0.227. The molecular weight excluding hydrogens is 270 g/mol. The van der Waals surface area contributed by atoms with Crippen LogP contribution in [0.1, 0.15) is 26.2 Å². The van der Waals surface area contributed by atoms with E-state index in [9.17, 15) is 9.59 Å². The monoisotopic (exact) mass is 297 g/mol. The van der Waals surface area contributed by atoms with E-state index in [0.717, 1.165) is 26.1 Å². The number of nitrogens with one attached hydrogen (secondary N) is 2. The van der Waals surface area contributed by atoms with Gasteiger partial charge in [0, 0.05) is 25.6 Å². The van der Waals surface area contributed by atoms with Crippen molar-refractivity contribution < 1.29 is 14.3 Å². The van der Waals surface area contributed by atoms with Crippen LogP contribution in [-0.4, -0.2) is 62.7 Å². The predicted octanol–water partition coefficient (Wildman–Crippen LogP) is -0.0144. The van der Waals surface area contributed by atoms with Crippen molar-refractivity contribution in [1.29, 1.82) is 0 Å². The number of carbonyl (C=O) groups is 2. The second-order valence-corrected chi connectivity index (χ2v) is 6.02. The standard InChI is InChI=1S/C15H27N3O3/c1-3-13-12-8-16-7-11(12)9-18(13)10-14(19)17-6-4-5-15(20)21-2/h11-13,16H,3-10H2,1-2H3,(H,17,19). The van der Waals surface area contributed by atoms with Gasteiger partial charge >= 0.3 is 5.97 Å². The topological polar surface area (TPSA) is 70.7 Å². The van der Waals surface area contributed by atoms with Gasteiger partial charge in [-0.1, -0.05) is 6.92 Å². The summed E-state index contributed by atoms with van der Waals surface area (Å²) in [5.41, 5.74) is 0. The fourth-order valence-corrected chi connectivity index (χ4v) is 3.66. The Hall–Kier alpha value is -1.14. The normalized spacial score (nSPS) is 28.4. The zero-order valence-corrected chi connectivity index (χ0v) is 13.1. The zero-order valence-electron chi connectivity index (χ0n) is 13.1. The average Bonchev–Trinajstić information content (AvgIpc) is 3.03. The van der Waals surface area contributed by atoms with E-state index >= 15 is 0 Å². The lowest BCUT2D eigenvalue weighted by molar-refractivity contribution is -0.140. The quantitative estimate of drug-likeness (QED) is 0.511. The number of hydrogen-bond donors (Lipinski definition) is 2. The molecule has 0 aromatic heterocycles. The fourth-order valence-electron chi connectivity index (χ4n) is 3.66. The molecule has 2 fully saturated rings. The molecular formula is C15H27N3O3. The number of rotatable bonds is 7. The largest absolute Gasteiger partial charge is 0.469 e. The number of hydrogen-bond acceptors (Lipinski definition) is 5. The summed E-state index contributed by atoms with van der Waals surface area (Å²) >= 11 is 0. The van der Waals surface area contributed by atoms with Crippen LogP contribution in [0.25, 0.3) is 0 Å². The van der Waals surface area contributed by atoms with Crippen molar-refractivity contribution in [2.24, 2.45) is 11.8 Å². The number of nitrogens with zero attached hydrogens (tertiary/aromatic N) is 1. The molecule has 2 aliphatic heterocycles. The molecule has 0 bridgehead atoms. The molecule has 2 aliphatic rings. The lowest BCUT2D eigenvalue weighted by Gasteiger charge is -2.26. The Bertz CT molecular complexity index is 375. The summed E-state index contributed by atoms with van der Waals surface area (Å²) in [7, 11) is 1.38. The number of likely N-dealkylation sites (tertiary alicyclic amines) is 1. The Morgan fingerprint density at radius 2 is 2.19 bits per heavy atom. The third-order valence-corrected chi connectivity index (χ3v) is 4.70. The highest BCUT2D eigenvalue weighted by Gasteiger charge is 2.43. The minimum Gasteiger partial charge on any atom is -0.469 e. The fraction of sp³-hybridized carbons (Fsp3) is 0.867. The summed E-state index contributed by atoms with van der Waals surface area (Å²) in [6.45, 7) is 6.40. The first-order valence-electron chi connectivity index (χ1n) is 7.94. The molecule has 0 spiro atoms. The molecule has 0 aromatic rings. The Morgan fingerprint density at radius 1 is 1.38 bits per heavy atom. The molecule has 6 heteroatoms. The van der Waals surface area contributed by atoms with Crippen LogP contribution in [0.15, 0.2) is 0 Å². The molecule has 2 rings (SSSR count). The molecule has 0 saturated carbocycles. The highest BCUT2D eigenvalue weighted by molar-refractivity contribution is 5.78. The van der Waals surface area contributed by atoms with Crippen LogP contribution in [0.3, 0.4) is 0 Å². The number of amides is 1. The van der Waals surface area contributed by atoms with Crippen molar-refractivity contribution in [2.45, 2.75) is 32.2 Å². The SMILES string of the molecule is CCC1C2CNCC2CN1CC(=O)NCCCC(=O)OC. The van der Waals surface area contributed by atoms with Gasteiger partial charge < -0.3 is 15.4 Å². The Labute approximate surface area is 126 Å². The summed E-state index contributed by atoms with van der Waals surface area (Å²) < 4.78 is 4.57. The van der Waals surface area contributed by atoms with Crippen LogP contribution >= 0.6 is 0 Å². The third-order valence-electron chi connectivity index (χ3n) is 4.70. The number of fused-ring (bicyclic) bond motifs is 1. The summed E-state index contributed by atoms with van der Waals surface area (Å²) in [6.07, 6.45) is 2.08. The van der Waals surface area contributed by atoms with E-state index in [1.54, 1.807) is 0 Å². The van der Waals surface area contributed by atoms with Crippen molar-refractivity contribution in [2.75, 3.05) is 39.8 Å². The second-order valence-electron chi connectivity index (χ2n) is 6.02.